The number of benzene rings is 2. The number of nitro benzene ring substituents is 1. The van der Waals surface area contributed by atoms with Gasteiger partial charge in [-0.1, -0.05) is 41.6 Å². The van der Waals surface area contributed by atoms with Crippen molar-refractivity contribution in [2.24, 2.45) is 0 Å². The van der Waals surface area contributed by atoms with Crippen molar-refractivity contribution in [3.05, 3.63) is 76.5 Å². The summed E-state index contributed by atoms with van der Waals surface area (Å²) in [6.07, 6.45) is 1.47. The lowest BCUT2D eigenvalue weighted by Crippen LogP contribution is -2.04. The summed E-state index contributed by atoms with van der Waals surface area (Å²) >= 11 is 0. The van der Waals surface area contributed by atoms with Gasteiger partial charge in [0.25, 0.3) is 5.69 Å². The fourth-order valence-electron chi connectivity index (χ4n) is 1.97. The summed E-state index contributed by atoms with van der Waals surface area (Å²) in [6, 6.07) is 15.7. The highest BCUT2D eigenvalue weighted by Gasteiger charge is 2.10. The van der Waals surface area contributed by atoms with E-state index in [1.165, 1.54) is 18.3 Å². The SMILES string of the molecule is O=[N+]([O-])c1cccc(Oc2cnnn2Cc2ccccc2)c1. The van der Waals surface area contributed by atoms with Gasteiger partial charge >= 0.3 is 0 Å². The summed E-state index contributed by atoms with van der Waals surface area (Å²) in [5, 5.41) is 18.6. The summed E-state index contributed by atoms with van der Waals surface area (Å²) in [7, 11) is 0. The van der Waals surface area contributed by atoms with Gasteiger partial charge in [0.1, 0.15) is 11.9 Å². The molecule has 0 radical (unpaired) electrons. The first kappa shape index (κ1) is 13.7. The summed E-state index contributed by atoms with van der Waals surface area (Å²) in [4.78, 5) is 10.3. The lowest BCUT2D eigenvalue weighted by atomic mass is 10.2. The molecule has 7 heteroatoms. The van der Waals surface area contributed by atoms with Crippen molar-refractivity contribution in [1.29, 1.82) is 0 Å². The zero-order chi connectivity index (χ0) is 15.4. The smallest absolute Gasteiger partial charge is 0.273 e. The molecule has 1 aromatic heterocycles. The van der Waals surface area contributed by atoms with Gasteiger partial charge in [-0.15, -0.1) is 5.10 Å². The van der Waals surface area contributed by atoms with Crippen molar-refractivity contribution < 1.29 is 9.66 Å². The predicted molar refractivity (Wildman–Crippen MR) is 78.7 cm³/mol. The Morgan fingerprint density at radius 2 is 1.95 bits per heavy atom. The highest BCUT2D eigenvalue weighted by molar-refractivity contribution is 5.39. The molecule has 0 aliphatic heterocycles. The first-order valence-electron chi connectivity index (χ1n) is 6.57. The maximum Gasteiger partial charge on any atom is 0.273 e. The zero-order valence-corrected chi connectivity index (χ0v) is 11.5. The average Bonchev–Trinajstić information content (AvgIpc) is 2.95. The van der Waals surface area contributed by atoms with E-state index in [2.05, 4.69) is 10.3 Å². The van der Waals surface area contributed by atoms with Gasteiger partial charge in [0, 0.05) is 6.07 Å². The van der Waals surface area contributed by atoms with Gasteiger partial charge in [-0.3, -0.25) is 10.1 Å². The van der Waals surface area contributed by atoms with Gasteiger partial charge in [-0.05, 0) is 11.6 Å². The van der Waals surface area contributed by atoms with Crippen LogP contribution in [-0.4, -0.2) is 19.9 Å². The Bertz CT molecular complexity index is 786. The Kier molecular flexibility index (Phi) is 3.78. The maximum atomic E-state index is 10.8. The van der Waals surface area contributed by atoms with Gasteiger partial charge in [-0.2, -0.15) is 0 Å². The summed E-state index contributed by atoms with van der Waals surface area (Å²) in [5.74, 6) is 0.787. The first-order chi connectivity index (χ1) is 10.7. The van der Waals surface area contributed by atoms with Crippen LogP contribution in [-0.2, 0) is 6.54 Å². The number of aromatic nitrogens is 3. The van der Waals surface area contributed by atoms with Crippen LogP contribution in [0.25, 0.3) is 0 Å². The van der Waals surface area contributed by atoms with Crippen molar-refractivity contribution in [1.82, 2.24) is 15.0 Å². The molecule has 0 bridgehead atoms. The second kappa shape index (κ2) is 6.04. The van der Waals surface area contributed by atoms with Gasteiger partial charge in [0.15, 0.2) is 0 Å². The second-order valence-corrected chi connectivity index (χ2v) is 4.57. The normalized spacial score (nSPS) is 10.4. The molecule has 0 aliphatic carbocycles. The van der Waals surface area contributed by atoms with Crippen molar-refractivity contribution >= 4 is 5.69 Å². The molecule has 0 unspecified atom stereocenters. The molecule has 22 heavy (non-hydrogen) atoms. The topological polar surface area (TPSA) is 83.1 Å². The van der Waals surface area contributed by atoms with E-state index < -0.39 is 4.92 Å². The van der Waals surface area contributed by atoms with Gasteiger partial charge < -0.3 is 4.74 Å². The third-order valence-electron chi connectivity index (χ3n) is 3.01. The minimum atomic E-state index is -0.466. The third-order valence-corrected chi connectivity index (χ3v) is 3.01. The van der Waals surface area contributed by atoms with Crippen LogP contribution in [0.5, 0.6) is 11.6 Å². The Morgan fingerprint density at radius 3 is 2.73 bits per heavy atom. The van der Waals surface area contributed by atoms with E-state index in [-0.39, 0.29) is 5.69 Å². The van der Waals surface area contributed by atoms with Crippen LogP contribution in [0.2, 0.25) is 0 Å². The predicted octanol–water partition coefficient (Wildman–Crippen LogP) is 3.03. The zero-order valence-electron chi connectivity index (χ0n) is 11.5. The van der Waals surface area contributed by atoms with E-state index >= 15 is 0 Å². The van der Waals surface area contributed by atoms with Crippen LogP contribution in [0.1, 0.15) is 5.56 Å². The third kappa shape index (κ3) is 3.09. The molecule has 7 nitrogen and oxygen atoms in total. The van der Waals surface area contributed by atoms with E-state index in [1.807, 2.05) is 30.3 Å². The van der Waals surface area contributed by atoms with Crippen LogP contribution in [0, 0.1) is 10.1 Å². The molecule has 3 aromatic rings. The molecule has 0 amide bonds. The molecule has 2 aromatic carbocycles. The monoisotopic (exact) mass is 296 g/mol. The van der Waals surface area contributed by atoms with E-state index in [1.54, 1.807) is 16.8 Å². The van der Waals surface area contributed by atoms with Crippen LogP contribution >= 0.6 is 0 Å². The lowest BCUT2D eigenvalue weighted by molar-refractivity contribution is -0.384. The number of rotatable bonds is 5. The Morgan fingerprint density at radius 1 is 1.14 bits per heavy atom. The number of hydrogen-bond acceptors (Lipinski definition) is 5. The molecular weight excluding hydrogens is 284 g/mol. The highest BCUT2D eigenvalue weighted by atomic mass is 16.6. The summed E-state index contributed by atoms with van der Waals surface area (Å²) in [5.41, 5.74) is 1.02. The minimum absolute atomic E-state index is 0.0282. The van der Waals surface area contributed by atoms with E-state index in [4.69, 9.17) is 4.74 Å². The van der Waals surface area contributed by atoms with Gasteiger partial charge in [-0.25, -0.2) is 4.68 Å². The van der Waals surface area contributed by atoms with E-state index in [0.717, 1.165) is 5.56 Å². The fourth-order valence-corrected chi connectivity index (χ4v) is 1.97. The number of ether oxygens (including phenoxy) is 1. The van der Waals surface area contributed by atoms with E-state index in [9.17, 15) is 10.1 Å². The molecule has 0 saturated carbocycles. The number of nitro groups is 1. The second-order valence-electron chi connectivity index (χ2n) is 4.57. The fraction of sp³-hybridized carbons (Fsp3) is 0.0667. The Balaban J connectivity index is 1.80. The maximum absolute atomic E-state index is 10.8. The molecule has 0 saturated heterocycles. The highest BCUT2D eigenvalue weighted by Crippen LogP contribution is 2.24. The minimum Gasteiger partial charge on any atom is -0.437 e. The quantitative estimate of drug-likeness (QED) is 0.534. The molecule has 1 heterocycles. The molecule has 3 rings (SSSR count). The Labute approximate surface area is 125 Å². The van der Waals surface area contributed by atoms with Crippen molar-refractivity contribution in [2.75, 3.05) is 0 Å². The van der Waals surface area contributed by atoms with Crippen LogP contribution in [0.4, 0.5) is 5.69 Å². The molecule has 0 aliphatic rings. The molecule has 110 valence electrons. The number of hydrogen-bond donors (Lipinski definition) is 0. The van der Waals surface area contributed by atoms with E-state index in [0.29, 0.717) is 18.2 Å². The first-order valence-corrected chi connectivity index (χ1v) is 6.57. The molecule has 0 spiro atoms. The van der Waals surface area contributed by atoms with Gasteiger partial charge in [0.05, 0.1) is 17.5 Å². The van der Waals surface area contributed by atoms with Crippen molar-refractivity contribution in [2.45, 2.75) is 6.54 Å². The van der Waals surface area contributed by atoms with Crippen molar-refractivity contribution in [3.8, 4) is 11.6 Å². The summed E-state index contributed by atoms with van der Waals surface area (Å²) < 4.78 is 7.24. The standard InChI is InChI=1S/C15H12N4O3/c20-19(21)13-7-4-8-14(9-13)22-15-10-16-17-18(15)11-12-5-2-1-3-6-12/h1-10H,11H2. The van der Waals surface area contributed by atoms with Crippen molar-refractivity contribution in [3.63, 3.8) is 0 Å². The molecule has 0 atom stereocenters. The van der Waals surface area contributed by atoms with Crippen LogP contribution in [0.15, 0.2) is 60.8 Å². The van der Waals surface area contributed by atoms with Crippen LogP contribution in [0.3, 0.4) is 0 Å². The summed E-state index contributed by atoms with van der Waals surface area (Å²) in [6.45, 7) is 0.505. The molecular formula is C15H12N4O3. The largest absolute Gasteiger partial charge is 0.437 e. The lowest BCUT2D eigenvalue weighted by Gasteiger charge is -2.07. The number of nitrogens with zero attached hydrogens (tertiary/aromatic N) is 4. The number of non-ortho nitro benzene ring substituents is 1. The van der Waals surface area contributed by atoms with Crippen LogP contribution < -0.4 is 4.74 Å². The molecule has 0 fully saturated rings. The Hall–Kier alpha value is -3.22. The molecule has 0 N–H and O–H groups in total. The van der Waals surface area contributed by atoms with Gasteiger partial charge in [0.2, 0.25) is 5.88 Å². The average molecular weight is 296 g/mol.